The molecule has 0 saturated carbocycles. The van der Waals surface area contributed by atoms with Gasteiger partial charge in [0.05, 0.1) is 26.1 Å². The molecule has 1 saturated heterocycles. The number of benzene rings is 3. The number of esters is 1. The summed E-state index contributed by atoms with van der Waals surface area (Å²) >= 11 is 6.15. The van der Waals surface area contributed by atoms with E-state index in [1.54, 1.807) is 30.3 Å². The number of ether oxygens (including phenoxy) is 1. The summed E-state index contributed by atoms with van der Waals surface area (Å²) in [7, 11) is -7.61. The molecule has 0 radical (unpaired) electrons. The molecule has 0 aromatic heterocycles. The van der Waals surface area contributed by atoms with Crippen molar-refractivity contribution >= 4 is 54.9 Å². The molecular weight excluding hydrogens is 566 g/mol. The highest BCUT2D eigenvalue weighted by Crippen LogP contribution is 2.28. The van der Waals surface area contributed by atoms with Gasteiger partial charge in [-0.05, 0) is 67.4 Å². The van der Waals surface area contributed by atoms with Crippen molar-refractivity contribution in [2.45, 2.75) is 29.1 Å². The third kappa shape index (κ3) is 7.15. The Labute approximate surface area is 232 Å². The fourth-order valence-electron chi connectivity index (χ4n) is 3.91. The largest absolute Gasteiger partial charge is 0.452 e. The van der Waals surface area contributed by atoms with Crippen LogP contribution in [0, 0.1) is 0 Å². The van der Waals surface area contributed by atoms with Gasteiger partial charge in [-0.2, -0.15) is 4.31 Å². The maximum atomic E-state index is 12.9. The summed E-state index contributed by atoms with van der Waals surface area (Å²) in [6.45, 7) is 0.186. The Morgan fingerprint density at radius 3 is 2.15 bits per heavy atom. The quantitative estimate of drug-likeness (QED) is 0.357. The average Bonchev–Trinajstić information content (AvgIpc) is 2.93. The van der Waals surface area contributed by atoms with Gasteiger partial charge < -0.3 is 10.1 Å². The van der Waals surface area contributed by atoms with Crippen LogP contribution in [-0.2, 0) is 29.6 Å². The summed E-state index contributed by atoms with van der Waals surface area (Å²) in [5.41, 5.74) is 0.493. The van der Waals surface area contributed by atoms with Crippen LogP contribution >= 0.6 is 11.6 Å². The molecule has 0 unspecified atom stereocenters. The van der Waals surface area contributed by atoms with Crippen molar-refractivity contribution in [3.63, 3.8) is 0 Å². The van der Waals surface area contributed by atoms with Crippen molar-refractivity contribution < 1.29 is 31.2 Å². The molecule has 4 rings (SSSR count). The van der Waals surface area contributed by atoms with Gasteiger partial charge in [0.2, 0.25) is 10.0 Å². The zero-order valence-corrected chi connectivity index (χ0v) is 23.1. The SMILES string of the molecule is O=C(COC(=O)c1ccc(S(=O)(=O)Nc2ccccc2)cc1)Nc1cc(S(=O)(=O)N2CCCCC2)ccc1Cl. The molecule has 0 atom stereocenters. The molecule has 2 N–H and O–H groups in total. The molecule has 1 fully saturated rings. The Morgan fingerprint density at radius 2 is 1.49 bits per heavy atom. The van der Waals surface area contributed by atoms with Gasteiger partial charge in [0.1, 0.15) is 0 Å². The first kappa shape index (κ1) is 28.6. The van der Waals surface area contributed by atoms with E-state index in [1.807, 2.05) is 0 Å². The molecule has 13 heteroatoms. The van der Waals surface area contributed by atoms with E-state index in [1.165, 1.54) is 46.8 Å². The number of rotatable bonds is 9. The lowest BCUT2D eigenvalue weighted by molar-refractivity contribution is -0.119. The normalized spacial score (nSPS) is 14.4. The van der Waals surface area contributed by atoms with Crippen LogP contribution in [0.15, 0.2) is 82.6 Å². The summed E-state index contributed by atoms with van der Waals surface area (Å²) < 4.78 is 59.8. The fraction of sp³-hybridized carbons (Fsp3) is 0.231. The minimum absolute atomic E-state index is 0.00195. The highest BCUT2D eigenvalue weighted by molar-refractivity contribution is 7.92. The number of carbonyl (C=O) groups excluding carboxylic acids is 2. The lowest BCUT2D eigenvalue weighted by atomic mass is 10.2. The van der Waals surface area contributed by atoms with Gasteiger partial charge in [0.25, 0.3) is 15.9 Å². The third-order valence-corrected chi connectivity index (χ3v) is 9.55. The molecule has 3 aromatic rings. The lowest BCUT2D eigenvalue weighted by Gasteiger charge is -2.26. The van der Waals surface area contributed by atoms with Gasteiger partial charge in [-0.25, -0.2) is 21.6 Å². The Hall–Kier alpha value is -3.45. The van der Waals surface area contributed by atoms with Crippen molar-refractivity contribution in [3.8, 4) is 0 Å². The summed E-state index contributed by atoms with van der Waals surface area (Å²) in [4.78, 5) is 24.8. The van der Waals surface area contributed by atoms with Crippen molar-refractivity contribution in [1.82, 2.24) is 4.31 Å². The van der Waals surface area contributed by atoms with Crippen LogP contribution in [0.25, 0.3) is 0 Å². The number of amides is 1. The predicted octanol–water partition coefficient (Wildman–Crippen LogP) is 4.11. The topological polar surface area (TPSA) is 139 Å². The molecule has 206 valence electrons. The van der Waals surface area contributed by atoms with Crippen LogP contribution in [0.1, 0.15) is 29.6 Å². The number of para-hydroxylation sites is 1. The van der Waals surface area contributed by atoms with Crippen LogP contribution in [0.4, 0.5) is 11.4 Å². The highest BCUT2D eigenvalue weighted by atomic mass is 35.5. The Morgan fingerprint density at radius 1 is 0.846 bits per heavy atom. The zero-order valence-electron chi connectivity index (χ0n) is 20.7. The highest BCUT2D eigenvalue weighted by Gasteiger charge is 2.27. The second-order valence-corrected chi connectivity index (χ2v) is 12.8. The molecule has 1 aliphatic rings. The molecule has 1 heterocycles. The first-order valence-electron chi connectivity index (χ1n) is 12.0. The summed E-state index contributed by atoms with van der Waals surface area (Å²) in [6, 6.07) is 17.4. The average molecular weight is 592 g/mol. The van der Waals surface area contributed by atoms with Crippen LogP contribution in [0.3, 0.4) is 0 Å². The van der Waals surface area contributed by atoms with Gasteiger partial charge in [-0.15, -0.1) is 0 Å². The Balaban J connectivity index is 1.35. The molecule has 10 nitrogen and oxygen atoms in total. The maximum absolute atomic E-state index is 12.9. The van der Waals surface area contributed by atoms with Gasteiger partial charge in [-0.3, -0.25) is 9.52 Å². The zero-order chi connectivity index (χ0) is 28.0. The smallest absolute Gasteiger partial charge is 0.338 e. The Kier molecular flexibility index (Phi) is 8.90. The molecule has 0 bridgehead atoms. The van der Waals surface area contributed by atoms with E-state index in [0.29, 0.717) is 18.8 Å². The maximum Gasteiger partial charge on any atom is 0.338 e. The molecular formula is C26H26ClN3O7S2. The fourth-order valence-corrected chi connectivity index (χ4v) is 6.67. The minimum atomic E-state index is -3.87. The number of halogens is 1. The summed E-state index contributed by atoms with van der Waals surface area (Å²) in [5.74, 6) is -1.58. The van der Waals surface area contributed by atoms with Crippen LogP contribution < -0.4 is 10.0 Å². The first-order chi connectivity index (χ1) is 18.6. The number of carbonyl (C=O) groups is 2. The summed E-state index contributed by atoms with van der Waals surface area (Å²) in [6.07, 6.45) is 2.54. The standard InChI is InChI=1S/C26H26ClN3O7S2/c27-23-14-13-22(39(35,36)30-15-5-2-6-16-30)17-24(23)28-25(31)18-37-26(32)19-9-11-21(12-10-19)38(33,34)29-20-7-3-1-4-8-20/h1,3-4,7-14,17,29H,2,5-6,15-16,18H2,(H,28,31). The van der Waals surface area contributed by atoms with Gasteiger partial charge in [-0.1, -0.05) is 36.2 Å². The van der Waals surface area contributed by atoms with E-state index in [4.69, 9.17) is 16.3 Å². The van der Waals surface area contributed by atoms with Crippen LogP contribution in [0.5, 0.6) is 0 Å². The molecule has 1 aliphatic heterocycles. The number of hydrogen-bond acceptors (Lipinski definition) is 7. The number of nitrogens with one attached hydrogen (secondary N) is 2. The van der Waals surface area contributed by atoms with Crippen LogP contribution in [0.2, 0.25) is 5.02 Å². The van der Waals surface area contributed by atoms with E-state index < -0.39 is 38.5 Å². The van der Waals surface area contributed by atoms with E-state index >= 15 is 0 Å². The second kappa shape index (κ2) is 12.2. The van der Waals surface area contributed by atoms with E-state index in [9.17, 15) is 26.4 Å². The first-order valence-corrected chi connectivity index (χ1v) is 15.3. The van der Waals surface area contributed by atoms with E-state index in [2.05, 4.69) is 10.0 Å². The monoisotopic (exact) mass is 591 g/mol. The number of hydrogen-bond donors (Lipinski definition) is 2. The number of sulfonamides is 2. The van der Waals surface area contributed by atoms with Crippen molar-refractivity contribution in [1.29, 1.82) is 0 Å². The molecule has 39 heavy (non-hydrogen) atoms. The number of nitrogens with zero attached hydrogens (tertiary/aromatic N) is 1. The minimum Gasteiger partial charge on any atom is -0.452 e. The van der Waals surface area contributed by atoms with Gasteiger partial charge >= 0.3 is 5.97 Å². The predicted molar refractivity (Wildman–Crippen MR) is 147 cm³/mol. The van der Waals surface area contributed by atoms with Crippen molar-refractivity contribution in [3.05, 3.63) is 83.4 Å². The molecule has 0 aliphatic carbocycles. The van der Waals surface area contributed by atoms with Crippen LogP contribution in [-0.4, -0.2) is 52.7 Å². The molecule has 0 spiro atoms. The summed E-state index contributed by atoms with van der Waals surface area (Å²) in [5, 5.41) is 2.58. The second-order valence-electron chi connectivity index (χ2n) is 8.73. The lowest BCUT2D eigenvalue weighted by Crippen LogP contribution is -2.35. The number of piperidine rings is 1. The van der Waals surface area contributed by atoms with E-state index in [-0.39, 0.29) is 26.1 Å². The molecule has 3 aromatic carbocycles. The van der Waals surface area contributed by atoms with Gasteiger partial charge in [0, 0.05) is 18.8 Å². The molecule has 1 amide bonds. The number of anilines is 2. The third-order valence-electron chi connectivity index (χ3n) is 5.93. The van der Waals surface area contributed by atoms with Gasteiger partial charge in [0.15, 0.2) is 6.61 Å². The van der Waals surface area contributed by atoms with Crippen molar-refractivity contribution in [2.75, 3.05) is 29.7 Å². The van der Waals surface area contributed by atoms with E-state index in [0.717, 1.165) is 19.3 Å². The Bertz CT molecular complexity index is 1560. The van der Waals surface area contributed by atoms with Crippen molar-refractivity contribution in [2.24, 2.45) is 0 Å².